The highest BCUT2D eigenvalue weighted by atomic mass is 16.6. The first-order chi connectivity index (χ1) is 8.90. The zero-order valence-electron chi connectivity index (χ0n) is 10.1. The standard InChI is InChI=1S/C16H13NO/c1-18-17-11-16-14-8-4-2-6-12(14)10-13-7-3-5-9-15(13)16/h2-11H,1H3/b17-11+. The Morgan fingerprint density at radius 1 is 0.889 bits per heavy atom. The molecule has 0 aliphatic rings. The van der Waals surface area contributed by atoms with Gasteiger partial charge >= 0.3 is 0 Å². The van der Waals surface area contributed by atoms with Crippen LogP contribution in [-0.2, 0) is 4.84 Å². The SMILES string of the molecule is CO/N=C/c1c2ccccc2cc2ccccc12. The van der Waals surface area contributed by atoms with Gasteiger partial charge in [0.25, 0.3) is 0 Å². The summed E-state index contributed by atoms with van der Waals surface area (Å²) in [7, 11) is 1.56. The zero-order chi connectivity index (χ0) is 12.4. The van der Waals surface area contributed by atoms with Crippen LogP contribution in [0.4, 0.5) is 0 Å². The normalized spacial score (nSPS) is 11.4. The molecule has 18 heavy (non-hydrogen) atoms. The summed E-state index contributed by atoms with van der Waals surface area (Å²) in [6.07, 6.45) is 1.78. The van der Waals surface area contributed by atoms with E-state index in [-0.39, 0.29) is 0 Å². The summed E-state index contributed by atoms with van der Waals surface area (Å²) in [5.74, 6) is 0. The minimum absolute atomic E-state index is 1.10. The van der Waals surface area contributed by atoms with Gasteiger partial charge in [-0.3, -0.25) is 0 Å². The molecule has 0 radical (unpaired) electrons. The Hall–Kier alpha value is -2.35. The molecule has 0 bridgehead atoms. The number of hydrogen-bond donors (Lipinski definition) is 0. The molecule has 0 saturated carbocycles. The van der Waals surface area contributed by atoms with Gasteiger partial charge in [0.1, 0.15) is 7.11 Å². The highest BCUT2D eigenvalue weighted by Gasteiger charge is 2.04. The molecule has 0 heterocycles. The van der Waals surface area contributed by atoms with E-state index in [1.807, 2.05) is 24.3 Å². The quantitative estimate of drug-likeness (QED) is 0.374. The van der Waals surface area contributed by atoms with Gasteiger partial charge in [0.05, 0.1) is 6.21 Å². The maximum Gasteiger partial charge on any atom is 0.106 e. The Kier molecular flexibility index (Phi) is 2.69. The van der Waals surface area contributed by atoms with E-state index in [1.165, 1.54) is 21.5 Å². The van der Waals surface area contributed by atoms with Gasteiger partial charge in [-0.1, -0.05) is 53.7 Å². The Bertz CT molecular complexity index is 677. The predicted molar refractivity (Wildman–Crippen MR) is 76.1 cm³/mol. The molecule has 3 aromatic carbocycles. The second-order valence-corrected chi connectivity index (χ2v) is 4.15. The molecule has 0 aromatic heterocycles. The minimum Gasteiger partial charge on any atom is -0.399 e. The third-order valence-corrected chi connectivity index (χ3v) is 3.10. The third kappa shape index (κ3) is 1.72. The van der Waals surface area contributed by atoms with Crippen molar-refractivity contribution in [1.82, 2.24) is 0 Å². The number of nitrogens with zero attached hydrogens (tertiary/aromatic N) is 1. The lowest BCUT2D eigenvalue weighted by Crippen LogP contribution is -1.88. The van der Waals surface area contributed by atoms with Crippen LogP contribution in [0.3, 0.4) is 0 Å². The van der Waals surface area contributed by atoms with Crippen molar-refractivity contribution >= 4 is 27.8 Å². The van der Waals surface area contributed by atoms with Crippen LogP contribution in [0.2, 0.25) is 0 Å². The summed E-state index contributed by atoms with van der Waals surface area (Å²) in [6.45, 7) is 0. The first-order valence-corrected chi connectivity index (χ1v) is 5.87. The zero-order valence-corrected chi connectivity index (χ0v) is 10.1. The van der Waals surface area contributed by atoms with E-state index in [1.54, 1.807) is 13.3 Å². The maximum atomic E-state index is 4.81. The van der Waals surface area contributed by atoms with Crippen LogP contribution < -0.4 is 0 Å². The van der Waals surface area contributed by atoms with Gasteiger partial charge in [0.15, 0.2) is 0 Å². The van der Waals surface area contributed by atoms with E-state index in [0.717, 1.165) is 5.56 Å². The fraction of sp³-hybridized carbons (Fsp3) is 0.0625. The van der Waals surface area contributed by atoms with Gasteiger partial charge in [0, 0.05) is 5.56 Å². The molecule has 0 saturated heterocycles. The van der Waals surface area contributed by atoms with E-state index in [0.29, 0.717) is 0 Å². The summed E-state index contributed by atoms with van der Waals surface area (Å²) < 4.78 is 0. The topological polar surface area (TPSA) is 21.6 Å². The molecule has 0 amide bonds. The van der Waals surface area contributed by atoms with Gasteiger partial charge in [-0.15, -0.1) is 0 Å². The van der Waals surface area contributed by atoms with Crippen LogP contribution in [0.25, 0.3) is 21.5 Å². The molecule has 2 nitrogen and oxygen atoms in total. The van der Waals surface area contributed by atoms with Gasteiger partial charge in [0.2, 0.25) is 0 Å². The van der Waals surface area contributed by atoms with E-state index >= 15 is 0 Å². The first kappa shape index (κ1) is 10.8. The van der Waals surface area contributed by atoms with Crippen molar-refractivity contribution < 1.29 is 4.84 Å². The molecular formula is C16H13NO. The second-order valence-electron chi connectivity index (χ2n) is 4.15. The molecule has 0 N–H and O–H groups in total. The Morgan fingerprint density at radius 2 is 1.44 bits per heavy atom. The fourth-order valence-electron chi connectivity index (χ4n) is 2.29. The number of benzene rings is 3. The highest BCUT2D eigenvalue weighted by molar-refractivity contribution is 6.13. The van der Waals surface area contributed by atoms with Crippen molar-refractivity contribution in [3.63, 3.8) is 0 Å². The van der Waals surface area contributed by atoms with Crippen molar-refractivity contribution in [3.8, 4) is 0 Å². The van der Waals surface area contributed by atoms with Crippen LogP contribution >= 0.6 is 0 Å². The van der Waals surface area contributed by atoms with E-state index in [2.05, 4.69) is 35.5 Å². The molecule has 88 valence electrons. The molecule has 0 aliphatic heterocycles. The highest BCUT2D eigenvalue weighted by Crippen LogP contribution is 2.27. The van der Waals surface area contributed by atoms with Crippen molar-refractivity contribution in [2.45, 2.75) is 0 Å². The molecule has 0 fully saturated rings. The van der Waals surface area contributed by atoms with E-state index < -0.39 is 0 Å². The van der Waals surface area contributed by atoms with Crippen molar-refractivity contribution in [2.75, 3.05) is 7.11 Å². The van der Waals surface area contributed by atoms with Crippen molar-refractivity contribution in [1.29, 1.82) is 0 Å². The summed E-state index contributed by atoms with van der Waals surface area (Å²) in [5, 5.41) is 8.73. The number of hydrogen-bond acceptors (Lipinski definition) is 2. The molecule has 3 rings (SSSR count). The van der Waals surface area contributed by atoms with Gasteiger partial charge in [-0.25, -0.2) is 0 Å². The molecule has 0 spiro atoms. The van der Waals surface area contributed by atoms with Gasteiger partial charge in [-0.05, 0) is 27.6 Å². The van der Waals surface area contributed by atoms with Gasteiger partial charge in [-0.2, -0.15) is 0 Å². The van der Waals surface area contributed by atoms with E-state index in [4.69, 9.17) is 4.84 Å². The van der Waals surface area contributed by atoms with Crippen molar-refractivity contribution in [3.05, 3.63) is 60.2 Å². The number of oxime groups is 1. The first-order valence-electron chi connectivity index (χ1n) is 5.87. The average Bonchev–Trinajstić information content (AvgIpc) is 2.43. The molecule has 0 aliphatic carbocycles. The number of fused-ring (bicyclic) bond motifs is 2. The lowest BCUT2D eigenvalue weighted by atomic mass is 9.97. The van der Waals surface area contributed by atoms with Crippen LogP contribution in [-0.4, -0.2) is 13.3 Å². The average molecular weight is 235 g/mol. The third-order valence-electron chi connectivity index (χ3n) is 3.10. The van der Waals surface area contributed by atoms with Crippen LogP contribution in [0.1, 0.15) is 5.56 Å². The summed E-state index contributed by atoms with van der Waals surface area (Å²) in [6, 6.07) is 18.8. The largest absolute Gasteiger partial charge is 0.399 e. The predicted octanol–water partition coefficient (Wildman–Crippen LogP) is 3.97. The molecule has 0 unspecified atom stereocenters. The smallest absolute Gasteiger partial charge is 0.106 e. The Balaban J connectivity index is 2.45. The van der Waals surface area contributed by atoms with Crippen LogP contribution in [0.5, 0.6) is 0 Å². The van der Waals surface area contributed by atoms with E-state index in [9.17, 15) is 0 Å². The summed E-state index contributed by atoms with van der Waals surface area (Å²) in [4.78, 5) is 4.81. The Labute approximate surface area is 105 Å². The van der Waals surface area contributed by atoms with Crippen LogP contribution in [0.15, 0.2) is 59.8 Å². The fourth-order valence-corrected chi connectivity index (χ4v) is 2.29. The van der Waals surface area contributed by atoms with Crippen molar-refractivity contribution in [2.24, 2.45) is 5.16 Å². The Morgan fingerprint density at radius 3 is 2.00 bits per heavy atom. The maximum absolute atomic E-state index is 4.81. The van der Waals surface area contributed by atoms with Crippen LogP contribution in [0, 0.1) is 0 Å². The molecular weight excluding hydrogens is 222 g/mol. The minimum atomic E-state index is 1.10. The second kappa shape index (κ2) is 4.49. The molecule has 0 atom stereocenters. The van der Waals surface area contributed by atoms with Gasteiger partial charge < -0.3 is 4.84 Å². The molecule has 2 heteroatoms. The summed E-state index contributed by atoms with van der Waals surface area (Å²) >= 11 is 0. The lowest BCUT2D eigenvalue weighted by molar-refractivity contribution is 0.215. The monoisotopic (exact) mass is 235 g/mol. The summed E-state index contributed by atoms with van der Waals surface area (Å²) in [5.41, 5.74) is 1.10. The number of rotatable bonds is 2. The molecule has 3 aromatic rings. The lowest BCUT2D eigenvalue weighted by Gasteiger charge is -2.07.